The Balaban J connectivity index is 1.71. The first-order valence-electron chi connectivity index (χ1n) is 8.07. The molecule has 1 saturated heterocycles. The summed E-state index contributed by atoms with van der Waals surface area (Å²) in [5.74, 6) is 2.05. The van der Waals surface area contributed by atoms with Gasteiger partial charge < -0.3 is 10.2 Å². The van der Waals surface area contributed by atoms with Crippen LogP contribution in [0.3, 0.4) is 0 Å². The van der Waals surface area contributed by atoms with Gasteiger partial charge in [0.15, 0.2) is 0 Å². The van der Waals surface area contributed by atoms with Crippen molar-refractivity contribution in [1.29, 1.82) is 0 Å². The van der Waals surface area contributed by atoms with Crippen LogP contribution < -0.4 is 10.2 Å². The maximum atomic E-state index is 12.3. The van der Waals surface area contributed by atoms with Crippen molar-refractivity contribution in [3.05, 3.63) is 47.8 Å². The number of benzene rings is 1. The lowest BCUT2D eigenvalue weighted by atomic mass is 9.99. The Morgan fingerprint density at radius 3 is 2.74 bits per heavy atom. The van der Waals surface area contributed by atoms with Gasteiger partial charge in [-0.3, -0.25) is 4.79 Å². The molecule has 5 nitrogen and oxygen atoms in total. The Morgan fingerprint density at radius 1 is 1.22 bits per heavy atom. The number of amides is 1. The fourth-order valence-corrected chi connectivity index (χ4v) is 2.80. The third kappa shape index (κ3) is 3.86. The quantitative estimate of drug-likeness (QED) is 0.945. The maximum absolute atomic E-state index is 12.3. The summed E-state index contributed by atoms with van der Waals surface area (Å²) in [5.41, 5.74) is 1.69. The lowest BCUT2D eigenvalue weighted by Gasteiger charge is -2.31. The van der Waals surface area contributed by atoms with Gasteiger partial charge in [-0.15, -0.1) is 0 Å². The molecular weight excluding hydrogens is 288 g/mol. The van der Waals surface area contributed by atoms with Crippen LogP contribution in [0, 0.1) is 12.8 Å². The molecule has 1 aromatic heterocycles. The molecule has 23 heavy (non-hydrogen) atoms. The van der Waals surface area contributed by atoms with Crippen molar-refractivity contribution in [2.75, 3.05) is 23.3 Å². The van der Waals surface area contributed by atoms with E-state index in [0.29, 0.717) is 11.4 Å². The molecule has 0 atom stereocenters. The SMILES string of the molecule is Cc1cccc(C(=O)Nc2cc(N3CCC(C)CC3)ncn2)c1. The van der Waals surface area contributed by atoms with E-state index < -0.39 is 0 Å². The van der Waals surface area contributed by atoms with E-state index in [4.69, 9.17) is 0 Å². The van der Waals surface area contributed by atoms with Gasteiger partial charge in [0.25, 0.3) is 5.91 Å². The maximum Gasteiger partial charge on any atom is 0.256 e. The van der Waals surface area contributed by atoms with Crippen molar-refractivity contribution in [2.24, 2.45) is 5.92 Å². The number of nitrogens with zero attached hydrogens (tertiary/aromatic N) is 3. The highest BCUT2D eigenvalue weighted by molar-refractivity contribution is 6.03. The second-order valence-electron chi connectivity index (χ2n) is 6.25. The second-order valence-corrected chi connectivity index (χ2v) is 6.25. The topological polar surface area (TPSA) is 58.1 Å². The van der Waals surface area contributed by atoms with E-state index in [1.54, 1.807) is 6.07 Å². The molecule has 0 saturated carbocycles. The molecule has 2 aromatic rings. The summed E-state index contributed by atoms with van der Waals surface area (Å²) in [6, 6.07) is 9.37. The van der Waals surface area contributed by atoms with Gasteiger partial charge in [0.05, 0.1) is 0 Å². The molecule has 120 valence electrons. The number of aromatic nitrogens is 2. The first-order valence-corrected chi connectivity index (χ1v) is 8.07. The number of hydrogen-bond donors (Lipinski definition) is 1. The number of aryl methyl sites for hydroxylation is 1. The van der Waals surface area contributed by atoms with Crippen molar-refractivity contribution >= 4 is 17.5 Å². The minimum Gasteiger partial charge on any atom is -0.356 e. The van der Waals surface area contributed by atoms with Crippen LogP contribution >= 0.6 is 0 Å². The summed E-state index contributed by atoms with van der Waals surface area (Å²) < 4.78 is 0. The zero-order chi connectivity index (χ0) is 16.2. The number of rotatable bonds is 3. The molecule has 0 bridgehead atoms. The van der Waals surface area contributed by atoms with Crippen LogP contribution in [0.5, 0.6) is 0 Å². The van der Waals surface area contributed by atoms with Gasteiger partial charge in [-0.05, 0) is 37.8 Å². The third-order valence-corrected chi connectivity index (χ3v) is 4.28. The fourth-order valence-electron chi connectivity index (χ4n) is 2.80. The molecule has 1 N–H and O–H groups in total. The van der Waals surface area contributed by atoms with Gasteiger partial charge in [0, 0.05) is 24.7 Å². The monoisotopic (exact) mass is 310 g/mol. The summed E-state index contributed by atoms with van der Waals surface area (Å²) in [4.78, 5) is 23.1. The Kier molecular flexibility index (Phi) is 4.55. The second kappa shape index (κ2) is 6.77. The largest absolute Gasteiger partial charge is 0.356 e. The van der Waals surface area contributed by atoms with Gasteiger partial charge in [-0.2, -0.15) is 0 Å². The number of nitrogens with one attached hydrogen (secondary N) is 1. The van der Waals surface area contributed by atoms with Crippen LogP contribution in [0.4, 0.5) is 11.6 Å². The lowest BCUT2D eigenvalue weighted by Crippen LogP contribution is -2.33. The predicted octanol–water partition coefficient (Wildman–Crippen LogP) is 3.27. The highest BCUT2D eigenvalue weighted by Gasteiger charge is 2.17. The summed E-state index contributed by atoms with van der Waals surface area (Å²) in [6.07, 6.45) is 3.86. The van der Waals surface area contributed by atoms with E-state index in [1.807, 2.05) is 31.2 Å². The molecule has 1 aliphatic heterocycles. The lowest BCUT2D eigenvalue weighted by molar-refractivity contribution is 0.102. The first-order chi connectivity index (χ1) is 11.1. The molecule has 0 radical (unpaired) electrons. The molecule has 1 fully saturated rings. The molecule has 1 aromatic carbocycles. The van der Waals surface area contributed by atoms with E-state index in [1.165, 1.54) is 19.2 Å². The van der Waals surface area contributed by atoms with Crippen LogP contribution in [0.25, 0.3) is 0 Å². The van der Waals surface area contributed by atoms with Crippen molar-refractivity contribution in [3.63, 3.8) is 0 Å². The molecule has 3 rings (SSSR count). The molecule has 5 heteroatoms. The fraction of sp³-hybridized carbons (Fsp3) is 0.389. The number of piperidine rings is 1. The first kappa shape index (κ1) is 15.5. The summed E-state index contributed by atoms with van der Waals surface area (Å²) >= 11 is 0. The average Bonchev–Trinajstić information content (AvgIpc) is 2.56. The molecule has 1 amide bonds. The highest BCUT2D eigenvalue weighted by Crippen LogP contribution is 2.22. The number of hydrogen-bond acceptors (Lipinski definition) is 4. The van der Waals surface area contributed by atoms with E-state index in [2.05, 4.69) is 27.1 Å². The van der Waals surface area contributed by atoms with Crippen molar-refractivity contribution in [3.8, 4) is 0 Å². The highest BCUT2D eigenvalue weighted by atomic mass is 16.1. The molecule has 0 unspecified atom stereocenters. The molecular formula is C18H22N4O. The third-order valence-electron chi connectivity index (χ3n) is 4.28. The smallest absolute Gasteiger partial charge is 0.256 e. The zero-order valence-corrected chi connectivity index (χ0v) is 13.6. The van der Waals surface area contributed by atoms with Gasteiger partial charge in [0.2, 0.25) is 0 Å². The van der Waals surface area contributed by atoms with Gasteiger partial charge in [-0.25, -0.2) is 9.97 Å². The predicted molar refractivity (Wildman–Crippen MR) is 91.8 cm³/mol. The van der Waals surface area contributed by atoms with E-state index in [9.17, 15) is 4.79 Å². The molecule has 0 spiro atoms. The Morgan fingerprint density at radius 2 is 2.00 bits per heavy atom. The summed E-state index contributed by atoms with van der Waals surface area (Å²) in [6.45, 7) is 6.26. The van der Waals surface area contributed by atoms with Crippen LogP contribution in [-0.4, -0.2) is 29.0 Å². The standard InChI is InChI=1S/C18H22N4O/c1-13-6-8-22(9-7-13)17-11-16(19-12-20-17)21-18(23)15-5-3-4-14(2)10-15/h3-5,10-13H,6-9H2,1-2H3,(H,19,20,21,23). The Bertz CT molecular complexity index is 693. The van der Waals surface area contributed by atoms with Crippen LogP contribution in [-0.2, 0) is 0 Å². The number of carbonyl (C=O) groups is 1. The normalized spacial score (nSPS) is 15.5. The molecule has 2 heterocycles. The van der Waals surface area contributed by atoms with Gasteiger partial charge >= 0.3 is 0 Å². The van der Waals surface area contributed by atoms with Gasteiger partial charge in [0.1, 0.15) is 18.0 Å². The van der Waals surface area contributed by atoms with E-state index in [-0.39, 0.29) is 5.91 Å². The minimum atomic E-state index is -0.148. The summed E-state index contributed by atoms with van der Waals surface area (Å²) in [7, 11) is 0. The zero-order valence-electron chi connectivity index (χ0n) is 13.6. The number of anilines is 2. The molecule has 0 aliphatic carbocycles. The Labute approximate surface area is 136 Å². The summed E-state index contributed by atoms with van der Waals surface area (Å²) in [5, 5.41) is 2.86. The molecule has 1 aliphatic rings. The minimum absolute atomic E-state index is 0.148. The van der Waals surface area contributed by atoms with Crippen LogP contribution in [0.1, 0.15) is 35.7 Å². The Hall–Kier alpha value is -2.43. The number of carbonyl (C=O) groups excluding carboxylic acids is 1. The van der Waals surface area contributed by atoms with Crippen LogP contribution in [0.15, 0.2) is 36.7 Å². The van der Waals surface area contributed by atoms with Gasteiger partial charge in [-0.1, -0.05) is 24.6 Å². The van der Waals surface area contributed by atoms with E-state index in [0.717, 1.165) is 30.4 Å². The van der Waals surface area contributed by atoms with E-state index >= 15 is 0 Å². The van der Waals surface area contributed by atoms with Crippen molar-refractivity contribution in [1.82, 2.24) is 9.97 Å². The van der Waals surface area contributed by atoms with Crippen LogP contribution in [0.2, 0.25) is 0 Å². The van der Waals surface area contributed by atoms with Crippen molar-refractivity contribution < 1.29 is 4.79 Å². The van der Waals surface area contributed by atoms with Crippen molar-refractivity contribution in [2.45, 2.75) is 26.7 Å². The average molecular weight is 310 g/mol.